The Balaban J connectivity index is 1.57. The maximum atomic E-state index is 10.1. The van der Waals surface area contributed by atoms with Gasteiger partial charge in [0.1, 0.15) is 12.4 Å². The van der Waals surface area contributed by atoms with Gasteiger partial charge in [-0.15, -0.1) is 5.10 Å². The number of nitrogens with zero attached hydrogens (tertiary/aromatic N) is 4. The minimum absolute atomic E-state index is 0.272. The fourth-order valence-corrected chi connectivity index (χ4v) is 3.13. The zero-order valence-electron chi connectivity index (χ0n) is 13.2. The highest BCUT2D eigenvalue weighted by molar-refractivity contribution is 5.43. The van der Waals surface area contributed by atoms with Crippen molar-refractivity contribution >= 4 is 0 Å². The highest BCUT2D eigenvalue weighted by Crippen LogP contribution is 2.35. The van der Waals surface area contributed by atoms with Gasteiger partial charge >= 0.3 is 0 Å². The smallest absolute Gasteiger partial charge is 0.194 e. The van der Waals surface area contributed by atoms with E-state index in [9.17, 15) is 5.11 Å². The Kier molecular flexibility index (Phi) is 3.96. The molecule has 4 rings (SSSR count). The van der Waals surface area contributed by atoms with E-state index in [-0.39, 0.29) is 6.61 Å². The maximum Gasteiger partial charge on any atom is 0.194 e. The summed E-state index contributed by atoms with van der Waals surface area (Å²) in [5.74, 6) is 1.43. The molecule has 1 N–H and O–H groups in total. The van der Waals surface area contributed by atoms with Crippen molar-refractivity contribution in [2.24, 2.45) is 0 Å². The standard InChI is InChI=1S/C18H18N4O2/c23-16-10-4-9-15-14(16)8-5-11-17(15)24-12-18-19-20-21-22(18)13-6-2-1-3-7-13/h1-3,5-8,11,16,23H,4,9-10,12H2/t16-/m1/s1. The fraction of sp³-hybridized carbons (Fsp3) is 0.278. The maximum absolute atomic E-state index is 10.1. The van der Waals surface area contributed by atoms with Crippen LogP contribution in [0.5, 0.6) is 5.75 Å². The number of ether oxygens (including phenoxy) is 1. The third-order valence-electron chi connectivity index (χ3n) is 4.32. The molecule has 0 radical (unpaired) electrons. The average Bonchev–Trinajstić information content (AvgIpc) is 3.10. The van der Waals surface area contributed by atoms with Gasteiger partial charge in [-0.05, 0) is 59.0 Å². The van der Waals surface area contributed by atoms with E-state index in [1.165, 1.54) is 0 Å². The van der Waals surface area contributed by atoms with Crippen LogP contribution >= 0.6 is 0 Å². The van der Waals surface area contributed by atoms with Crippen LogP contribution in [0.15, 0.2) is 48.5 Å². The molecule has 0 bridgehead atoms. The number of hydrogen-bond acceptors (Lipinski definition) is 5. The first kappa shape index (κ1) is 14.8. The van der Waals surface area contributed by atoms with Crippen LogP contribution in [0, 0.1) is 0 Å². The molecule has 0 aliphatic heterocycles. The number of tetrazole rings is 1. The second-order valence-electron chi connectivity index (χ2n) is 5.86. The summed E-state index contributed by atoms with van der Waals surface area (Å²) in [5.41, 5.74) is 2.96. The topological polar surface area (TPSA) is 73.1 Å². The van der Waals surface area contributed by atoms with E-state index in [2.05, 4.69) is 15.5 Å². The number of aliphatic hydroxyl groups excluding tert-OH is 1. The fourth-order valence-electron chi connectivity index (χ4n) is 3.13. The number of fused-ring (bicyclic) bond motifs is 1. The van der Waals surface area contributed by atoms with Gasteiger partial charge in [-0.25, -0.2) is 0 Å². The highest BCUT2D eigenvalue weighted by atomic mass is 16.5. The first-order valence-corrected chi connectivity index (χ1v) is 8.08. The molecule has 24 heavy (non-hydrogen) atoms. The van der Waals surface area contributed by atoms with Crippen LogP contribution in [-0.4, -0.2) is 25.3 Å². The predicted molar refractivity (Wildman–Crippen MR) is 87.8 cm³/mol. The lowest BCUT2D eigenvalue weighted by Gasteiger charge is -2.23. The molecule has 0 spiro atoms. The minimum atomic E-state index is -0.396. The van der Waals surface area contributed by atoms with Crippen LogP contribution in [0.1, 0.15) is 35.9 Å². The summed E-state index contributed by atoms with van der Waals surface area (Å²) >= 11 is 0. The Morgan fingerprint density at radius 2 is 2.00 bits per heavy atom. The zero-order valence-corrected chi connectivity index (χ0v) is 13.2. The molecule has 1 aliphatic rings. The summed E-state index contributed by atoms with van der Waals surface area (Å²) in [6.45, 7) is 0.272. The molecule has 0 saturated carbocycles. The summed E-state index contributed by atoms with van der Waals surface area (Å²) in [6.07, 6.45) is 2.30. The Hall–Kier alpha value is -2.73. The molecule has 3 aromatic rings. The molecule has 6 nitrogen and oxygen atoms in total. The minimum Gasteiger partial charge on any atom is -0.485 e. The van der Waals surface area contributed by atoms with Gasteiger partial charge < -0.3 is 9.84 Å². The molecule has 1 atom stereocenters. The molecule has 2 aromatic carbocycles. The average molecular weight is 322 g/mol. The summed E-state index contributed by atoms with van der Waals surface area (Å²) in [7, 11) is 0. The van der Waals surface area contributed by atoms with Crippen LogP contribution in [-0.2, 0) is 13.0 Å². The van der Waals surface area contributed by atoms with E-state index in [1.54, 1.807) is 4.68 Å². The van der Waals surface area contributed by atoms with Crippen molar-refractivity contribution < 1.29 is 9.84 Å². The van der Waals surface area contributed by atoms with Gasteiger partial charge in [0, 0.05) is 0 Å². The Labute approximate surface area is 139 Å². The van der Waals surface area contributed by atoms with Crippen LogP contribution in [0.3, 0.4) is 0 Å². The van der Waals surface area contributed by atoms with Gasteiger partial charge in [0.2, 0.25) is 0 Å². The monoisotopic (exact) mass is 322 g/mol. The van der Waals surface area contributed by atoms with E-state index in [0.717, 1.165) is 41.8 Å². The lowest BCUT2D eigenvalue weighted by Crippen LogP contribution is -2.12. The Morgan fingerprint density at radius 3 is 2.88 bits per heavy atom. The van der Waals surface area contributed by atoms with Gasteiger partial charge in [-0.1, -0.05) is 30.3 Å². The van der Waals surface area contributed by atoms with Crippen LogP contribution in [0.2, 0.25) is 0 Å². The largest absolute Gasteiger partial charge is 0.485 e. The summed E-state index contributed by atoms with van der Waals surface area (Å²) in [5, 5.41) is 22.0. The zero-order chi connectivity index (χ0) is 16.4. The van der Waals surface area contributed by atoms with Crippen molar-refractivity contribution in [3.05, 3.63) is 65.5 Å². The quantitative estimate of drug-likeness (QED) is 0.799. The van der Waals surface area contributed by atoms with Crippen molar-refractivity contribution in [1.82, 2.24) is 20.2 Å². The normalized spacial score (nSPS) is 16.6. The van der Waals surface area contributed by atoms with Crippen molar-refractivity contribution in [3.8, 4) is 11.4 Å². The van der Waals surface area contributed by atoms with Gasteiger partial charge in [0.25, 0.3) is 0 Å². The molecule has 0 fully saturated rings. The lowest BCUT2D eigenvalue weighted by molar-refractivity contribution is 0.155. The number of hydrogen-bond donors (Lipinski definition) is 1. The third kappa shape index (κ3) is 2.76. The molecule has 122 valence electrons. The highest BCUT2D eigenvalue weighted by Gasteiger charge is 2.21. The van der Waals surface area contributed by atoms with Gasteiger partial charge in [0.15, 0.2) is 5.82 Å². The van der Waals surface area contributed by atoms with E-state index < -0.39 is 6.10 Å². The second-order valence-corrected chi connectivity index (χ2v) is 5.86. The number of para-hydroxylation sites is 1. The molecule has 0 saturated heterocycles. The lowest BCUT2D eigenvalue weighted by atomic mass is 9.89. The van der Waals surface area contributed by atoms with Crippen molar-refractivity contribution in [1.29, 1.82) is 0 Å². The van der Waals surface area contributed by atoms with Gasteiger partial charge in [-0.2, -0.15) is 4.68 Å². The Bertz CT molecular complexity index is 832. The van der Waals surface area contributed by atoms with Crippen molar-refractivity contribution in [3.63, 3.8) is 0 Å². The second kappa shape index (κ2) is 6.41. The van der Waals surface area contributed by atoms with Crippen molar-refractivity contribution in [2.45, 2.75) is 32.0 Å². The molecule has 0 amide bonds. The number of rotatable bonds is 4. The van der Waals surface area contributed by atoms with E-state index in [4.69, 9.17) is 4.74 Å². The van der Waals surface area contributed by atoms with Crippen LogP contribution in [0.4, 0.5) is 0 Å². The number of aromatic nitrogens is 4. The first-order valence-electron chi connectivity index (χ1n) is 8.08. The summed E-state index contributed by atoms with van der Waals surface area (Å²) in [6, 6.07) is 15.6. The number of benzene rings is 2. The molecular formula is C18H18N4O2. The van der Waals surface area contributed by atoms with Gasteiger partial charge in [0.05, 0.1) is 11.8 Å². The molecule has 1 aliphatic carbocycles. The molecule has 1 heterocycles. The van der Waals surface area contributed by atoms with E-state index in [0.29, 0.717) is 5.82 Å². The van der Waals surface area contributed by atoms with Crippen LogP contribution < -0.4 is 4.74 Å². The third-order valence-corrected chi connectivity index (χ3v) is 4.32. The first-order chi connectivity index (χ1) is 11.8. The SMILES string of the molecule is O[C@@H]1CCCc2c(OCc3nnnn3-c3ccccc3)cccc21. The van der Waals surface area contributed by atoms with Gasteiger partial charge in [-0.3, -0.25) is 0 Å². The van der Waals surface area contributed by atoms with E-state index in [1.807, 2.05) is 48.5 Å². The molecule has 0 unspecified atom stereocenters. The van der Waals surface area contributed by atoms with E-state index >= 15 is 0 Å². The summed E-state index contributed by atoms with van der Waals surface area (Å²) in [4.78, 5) is 0. The Morgan fingerprint density at radius 1 is 1.12 bits per heavy atom. The van der Waals surface area contributed by atoms with Crippen molar-refractivity contribution in [2.75, 3.05) is 0 Å². The van der Waals surface area contributed by atoms with Crippen LogP contribution in [0.25, 0.3) is 5.69 Å². The number of aliphatic hydroxyl groups is 1. The molecule has 6 heteroatoms. The molecule has 1 aromatic heterocycles. The predicted octanol–water partition coefficient (Wildman–Crippen LogP) is 2.61. The molecular weight excluding hydrogens is 304 g/mol. The summed E-state index contributed by atoms with van der Waals surface area (Å²) < 4.78 is 7.66.